The van der Waals surface area contributed by atoms with E-state index in [2.05, 4.69) is 17.1 Å². The second-order valence-electron chi connectivity index (χ2n) is 5.89. The van der Waals surface area contributed by atoms with Crippen molar-refractivity contribution >= 4 is 36.4 Å². The molecule has 0 spiro atoms. The lowest BCUT2D eigenvalue weighted by Gasteiger charge is -2.36. The van der Waals surface area contributed by atoms with Crippen molar-refractivity contribution in [3.05, 3.63) is 34.1 Å². The summed E-state index contributed by atoms with van der Waals surface area (Å²) >= 11 is 6.44. The first-order chi connectivity index (χ1) is 10.1. The van der Waals surface area contributed by atoms with E-state index >= 15 is 0 Å². The molecule has 1 atom stereocenters. The summed E-state index contributed by atoms with van der Waals surface area (Å²) < 4.78 is 14.4. The summed E-state index contributed by atoms with van der Waals surface area (Å²) in [4.78, 5) is 2.38. The van der Waals surface area contributed by atoms with E-state index in [9.17, 15) is 4.39 Å². The Morgan fingerprint density at radius 2 is 1.87 bits per heavy atom. The number of nitrogens with one attached hydrogen (secondary N) is 1. The highest BCUT2D eigenvalue weighted by Gasteiger charge is 2.26. The zero-order valence-corrected chi connectivity index (χ0v) is 16.3. The molecule has 1 aromatic carbocycles. The molecule has 1 N–H and O–H groups in total. The van der Waals surface area contributed by atoms with Crippen LogP contribution in [0.15, 0.2) is 12.1 Å². The molecule has 134 valence electrons. The summed E-state index contributed by atoms with van der Waals surface area (Å²) in [6.45, 7) is 8.00. The van der Waals surface area contributed by atoms with Crippen LogP contribution in [-0.2, 0) is 0 Å². The SMILES string of the molecule is CCCCC[C@H](c1c(F)ccc(C)c1Cl)N1CCNCC1.Cl.Cl. The van der Waals surface area contributed by atoms with Crippen molar-refractivity contribution in [2.24, 2.45) is 0 Å². The maximum Gasteiger partial charge on any atom is 0.129 e. The molecule has 0 aliphatic carbocycles. The Morgan fingerprint density at radius 1 is 1.22 bits per heavy atom. The quantitative estimate of drug-likeness (QED) is 0.681. The standard InChI is InChI=1S/C17H26ClFN2.2ClH/c1-3-4-5-6-15(21-11-9-20-10-12-21)16-14(19)8-7-13(2)17(16)18;;/h7-8,15,20H,3-6,9-12H2,1-2H3;2*1H/t15-;;/m1../s1. The first kappa shape index (κ1) is 22.9. The van der Waals surface area contributed by atoms with Crippen molar-refractivity contribution in [2.45, 2.75) is 45.6 Å². The summed E-state index contributed by atoms with van der Waals surface area (Å²) in [7, 11) is 0. The Hall–Kier alpha value is -0.0600. The molecule has 23 heavy (non-hydrogen) atoms. The number of rotatable bonds is 6. The van der Waals surface area contributed by atoms with Crippen LogP contribution in [0.1, 0.15) is 49.8 Å². The van der Waals surface area contributed by atoms with Gasteiger partial charge in [0, 0.05) is 37.8 Å². The van der Waals surface area contributed by atoms with Gasteiger partial charge in [-0.1, -0.05) is 43.9 Å². The highest BCUT2D eigenvalue weighted by Crippen LogP contribution is 2.35. The molecule has 1 aliphatic rings. The van der Waals surface area contributed by atoms with Crippen molar-refractivity contribution in [2.75, 3.05) is 26.2 Å². The predicted octanol–water partition coefficient (Wildman–Crippen LogP) is 5.16. The summed E-state index contributed by atoms with van der Waals surface area (Å²) in [5.41, 5.74) is 1.67. The predicted molar refractivity (Wildman–Crippen MR) is 102 cm³/mol. The van der Waals surface area contributed by atoms with E-state index in [0.29, 0.717) is 10.6 Å². The molecule has 0 unspecified atom stereocenters. The minimum absolute atomic E-state index is 0. The monoisotopic (exact) mass is 384 g/mol. The van der Waals surface area contributed by atoms with E-state index in [1.54, 1.807) is 12.1 Å². The summed E-state index contributed by atoms with van der Waals surface area (Å²) in [5, 5.41) is 3.97. The van der Waals surface area contributed by atoms with Gasteiger partial charge in [0.1, 0.15) is 5.82 Å². The van der Waals surface area contributed by atoms with Gasteiger partial charge in [0.25, 0.3) is 0 Å². The van der Waals surface area contributed by atoms with Crippen molar-refractivity contribution in [3.63, 3.8) is 0 Å². The summed E-state index contributed by atoms with van der Waals surface area (Å²) in [6.07, 6.45) is 4.47. The van der Waals surface area contributed by atoms with E-state index in [1.165, 1.54) is 12.8 Å². The van der Waals surface area contributed by atoms with Gasteiger partial charge in [0.15, 0.2) is 0 Å². The first-order valence-electron chi connectivity index (χ1n) is 8.04. The average molecular weight is 386 g/mol. The van der Waals surface area contributed by atoms with Crippen LogP contribution >= 0.6 is 36.4 Å². The molecule has 0 radical (unpaired) electrons. The van der Waals surface area contributed by atoms with Gasteiger partial charge in [-0.15, -0.1) is 24.8 Å². The normalized spacial score (nSPS) is 16.3. The Balaban J connectivity index is 0.00000242. The number of halogens is 4. The van der Waals surface area contributed by atoms with E-state index in [0.717, 1.165) is 44.6 Å². The molecule has 1 saturated heterocycles. The fourth-order valence-corrected chi connectivity index (χ4v) is 3.35. The van der Waals surface area contributed by atoms with Gasteiger partial charge >= 0.3 is 0 Å². The number of hydrogen-bond donors (Lipinski definition) is 1. The molecular weight excluding hydrogens is 358 g/mol. The van der Waals surface area contributed by atoms with Gasteiger partial charge < -0.3 is 5.32 Å². The zero-order chi connectivity index (χ0) is 15.2. The summed E-state index contributed by atoms with van der Waals surface area (Å²) in [5.74, 6) is -0.161. The number of unbranched alkanes of at least 4 members (excludes halogenated alkanes) is 2. The van der Waals surface area contributed by atoms with Crippen LogP contribution in [0.25, 0.3) is 0 Å². The molecule has 1 heterocycles. The molecule has 2 rings (SSSR count). The van der Waals surface area contributed by atoms with Crippen molar-refractivity contribution < 1.29 is 4.39 Å². The Kier molecular flexibility index (Phi) is 11.5. The number of nitrogens with zero attached hydrogens (tertiary/aromatic N) is 1. The minimum Gasteiger partial charge on any atom is -0.314 e. The number of hydrogen-bond acceptors (Lipinski definition) is 2. The topological polar surface area (TPSA) is 15.3 Å². The second kappa shape index (κ2) is 11.5. The Bertz CT molecular complexity index is 465. The van der Waals surface area contributed by atoms with E-state index in [4.69, 9.17) is 11.6 Å². The molecule has 0 bridgehead atoms. The van der Waals surface area contributed by atoms with Crippen LogP contribution in [0, 0.1) is 12.7 Å². The van der Waals surface area contributed by atoms with Gasteiger partial charge in [-0.05, 0) is 25.0 Å². The third-order valence-corrected chi connectivity index (χ3v) is 4.83. The fourth-order valence-electron chi connectivity index (χ4n) is 3.07. The van der Waals surface area contributed by atoms with Crippen LogP contribution in [0.2, 0.25) is 5.02 Å². The van der Waals surface area contributed by atoms with E-state index < -0.39 is 0 Å². The van der Waals surface area contributed by atoms with Crippen LogP contribution in [0.5, 0.6) is 0 Å². The van der Waals surface area contributed by atoms with E-state index in [1.807, 2.05) is 6.92 Å². The lowest BCUT2D eigenvalue weighted by Crippen LogP contribution is -2.45. The lowest BCUT2D eigenvalue weighted by atomic mass is 9.96. The van der Waals surface area contributed by atoms with Crippen LogP contribution in [-0.4, -0.2) is 31.1 Å². The van der Waals surface area contributed by atoms with Crippen molar-refractivity contribution in [1.82, 2.24) is 10.2 Å². The molecule has 1 aromatic rings. The molecule has 0 saturated carbocycles. The van der Waals surface area contributed by atoms with Crippen LogP contribution < -0.4 is 5.32 Å². The fraction of sp³-hybridized carbons (Fsp3) is 0.647. The number of benzene rings is 1. The van der Waals surface area contributed by atoms with Crippen LogP contribution in [0.4, 0.5) is 4.39 Å². The third-order valence-electron chi connectivity index (χ3n) is 4.33. The van der Waals surface area contributed by atoms with Gasteiger partial charge in [0.2, 0.25) is 0 Å². The molecule has 0 aromatic heterocycles. The molecule has 1 fully saturated rings. The maximum atomic E-state index is 14.4. The molecule has 1 aliphatic heterocycles. The Morgan fingerprint density at radius 3 is 2.48 bits per heavy atom. The first-order valence-corrected chi connectivity index (χ1v) is 8.42. The highest BCUT2D eigenvalue weighted by molar-refractivity contribution is 6.32. The number of aryl methyl sites for hydroxylation is 1. The number of piperazine rings is 1. The van der Waals surface area contributed by atoms with E-state index in [-0.39, 0.29) is 36.7 Å². The lowest BCUT2D eigenvalue weighted by molar-refractivity contribution is 0.159. The highest BCUT2D eigenvalue weighted by atomic mass is 35.5. The van der Waals surface area contributed by atoms with Crippen LogP contribution in [0.3, 0.4) is 0 Å². The van der Waals surface area contributed by atoms with Gasteiger partial charge in [-0.25, -0.2) is 4.39 Å². The Labute approximate surface area is 157 Å². The largest absolute Gasteiger partial charge is 0.314 e. The van der Waals surface area contributed by atoms with Gasteiger partial charge in [-0.2, -0.15) is 0 Å². The molecule has 2 nitrogen and oxygen atoms in total. The van der Waals surface area contributed by atoms with Gasteiger partial charge in [0.05, 0.1) is 5.02 Å². The molecular formula is C17H28Cl3FN2. The maximum absolute atomic E-state index is 14.4. The van der Waals surface area contributed by atoms with Crippen molar-refractivity contribution in [1.29, 1.82) is 0 Å². The smallest absolute Gasteiger partial charge is 0.129 e. The van der Waals surface area contributed by atoms with Gasteiger partial charge in [-0.3, -0.25) is 4.90 Å². The van der Waals surface area contributed by atoms with Crippen molar-refractivity contribution in [3.8, 4) is 0 Å². The summed E-state index contributed by atoms with van der Waals surface area (Å²) in [6, 6.07) is 3.43. The molecule has 6 heteroatoms. The second-order valence-corrected chi connectivity index (χ2v) is 6.27. The minimum atomic E-state index is -0.161. The zero-order valence-electron chi connectivity index (χ0n) is 13.9. The third kappa shape index (κ3) is 6.06. The average Bonchev–Trinajstić information content (AvgIpc) is 2.51. The molecule has 0 amide bonds.